The van der Waals surface area contributed by atoms with Gasteiger partial charge in [-0.05, 0) is 96.3 Å². The molecule has 5 heteroatoms. The van der Waals surface area contributed by atoms with Crippen molar-refractivity contribution in [3.05, 3.63) is 97.2 Å². The molecule has 1 atom stereocenters. The summed E-state index contributed by atoms with van der Waals surface area (Å²) < 4.78 is 10.7. The van der Waals surface area contributed by atoms with Gasteiger partial charge in [-0.25, -0.2) is 0 Å². The van der Waals surface area contributed by atoms with E-state index in [0.29, 0.717) is 12.8 Å². The van der Waals surface area contributed by atoms with Gasteiger partial charge >= 0.3 is 11.9 Å². The highest BCUT2D eigenvalue weighted by molar-refractivity contribution is 5.70. The molecule has 0 spiro atoms. The summed E-state index contributed by atoms with van der Waals surface area (Å²) in [6.07, 6.45) is 88.2. The number of rotatable bonds is 56. The van der Waals surface area contributed by atoms with Crippen LogP contribution in [0.2, 0.25) is 0 Å². The number of esters is 2. The first-order valence-electron chi connectivity index (χ1n) is 30.8. The van der Waals surface area contributed by atoms with Crippen LogP contribution in [0, 0.1) is 0 Å². The van der Waals surface area contributed by atoms with Crippen LogP contribution < -0.4 is 0 Å². The Labute approximate surface area is 447 Å². The van der Waals surface area contributed by atoms with E-state index < -0.39 is 6.10 Å². The van der Waals surface area contributed by atoms with Gasteiger partial charge in [-0.2, -0.15) is 0 Å². The first-order valence-corrected chi connectivity index (χ1v) is 30.8. The summed E-state index contributed by atoms with van der Waals surface area (Å²) in [4.78, 5) is 24.6. The number of aliphatic hydroxyl groups is 1. The minimum Gasteiger partial charge on any atom is -0.462 e. The maximum absolute atomic E-state index is 12.3. The van der Waals surface area contributed by atoms with Crippen LogP contribution in [0.3, 0.4) is 0 Å². The fraction of sp³-hybridized carbons (Fsp3) is 0.731. The molecule has 1 unspecified atom stereocenters. The van der Waals surface area contributed by atoms with Crippen LogP contribution in [0.1, 0.15) is 296 Å². The van der Waals surface area contributed by atoms with Gasteiger partial charge < -0.3 is 14.6 Å². The van der Waals surface area contributed by atoms with Crippen LogP contribution in [-0.2, 0) is 19.1 Å². The van der Waals surface area contributed by atoms with Crippen molar-refractivity contribution in [2.75, 3.05) is 13.2 Å². The van der Waals surface area contributed by atoms with Gasteiger partial charge in [0.2, 0.25) is 0 Å². The molecule has 0 fully saturated rings. The van der Waals surface area contributed by atoms with E-state index in [1.807, 2.05) is 0 Å². The molecule has 0 bridgehead atoms. The van der Waals surface area contributed by atoms with Crippen molar-refractivity contribution in [3.8, 4) is 0 Å². The predicted octanol–water partition coefficient (Wildman–Crippen LogP) is 21.1. The minimum absolute atomic E-state index is 0.0692. The van der Waals surface area contributed by atoms with Crippen LogP contribution in [0.4, 0.5) is 0 Å². The van der Waals surface area contributed by atoms with Gasteiger partial charge in [-0.3, -0.25) is 9.59 Å². The van der Waals surface area contributed by atoms with Crippen molar-refractivity contribution >= 4 is 11.9 Å². The number of unbranched alkanes of at least 4 members (excludes halogenated alkanes) is 32. The van der Waals surface area contributed by atoms with Crippen molar-refractivity contribution in [2.24, 2.45) is 0 Å². The molecule has 0 radical (unpaired) electrons. The Bertz CT molecular complexity index is 1360. The van der Waals surface area contributed by atoms with Crippen molar-refractivity contribution in [3.63, 3.8) is 0 Å². The number of allylic oxidation sites excluding steroid dienone is 16. The lowest BCUT2D eigenvalue weighted by molar-refractivity contribution is -0.161. The average Bonchev–Trinajstić information content (AvgIpc) is 3.38. The lowest BCUT2D eigenvalue weighted by Gasteiger charge is -2.15. The second kappa shape index (κ2) is 62.1. The van der Waals surface area contributed by atoms with E-state index in [1.165, 1.54) is 186 Å². The third kappa shape index (κ3) is 59.4. The maximum atomic E-state index is 12.3. The van der Waals surface area contributed by atoms with E-state index in [1.54, 1.807) is 0 Å². The maximum Gasteiger partial charge on any atom is 0.306 e. The summed E-state index contributed by atoms with van der Waals surface area (Å²) in [5.74, 6) is -0.588. The second-order valence-corrected chi connectivity index (χ2v) is 20.4. The smallest absolute Gasteiger partial charge is 0.306 e. The van der Waals surface area contributed by atoms with Crippen LogP contribution in [0.25, 0.3) is 0 Å². The molecule has 0 aromatic rings. The summed E-state index contributed by atoms with van der Waals surface area (Å²) in [5.41, 5.74) is 0. The zero-order valence-electron chi connectivity index (χ0n) is 47.4. The molecular weight excluding hydrogens is 885 g/mol. The van der Waals surface area contributed by atoms with Crippen LogP contribution in [0.5, 0.6) is 0 Å². The molecule has 0 aliphatic heterocycles. The Morgan fingerprint density at radius 1 is 0.333 bits per heavy atom. The SMILES string of the molecule is CC/C=C\C/C=C\C/C=C\C/C=C\C/C=C\CCCCCCCCCCCCCC(=O)OC(CO)COC(=O)CCCCCCCCCCCCCCCCCC/C=C\C/C=C\C/C=C\CCCCCCC. The number of aliphatic hydroxyl groups excluding tert-OH is 1. The fourth-order valence-corrected chi connectivity index (χ4v) is 8.77. The summed E-state index contributed by atoms with van der Waals surface area (Å²) in [6.45, 7) is 4.04. The topological polar surface area (TPSA) is 72.8 Å². The van der Waals surface area contributed by atoms with Crippen molar-refractivity contribution in [1.29, 1.82) is 0 Å². The normalized spacial score (nSPS) is 12.9. The highest BCUT2D eigenvalue weighted by Crippen LogP contribution is 2.16. The van der Waals surface area contributed by atoms with E-state index in [-0.39, 0.29) is 25.2 Å². The van der Waals surface area contributed by atoms with Gasteiger partial charge in [0.25, 0.3) is 0 Å². The zero-order chi connectivity index (χ0) is 52.0. The Hall–Kier alpha value is -3.18. The lowest BCUT2D eigenvalue weighted by Crippen LogP contribution is -2.28. The monoisotopic (exact) mass is 1000 g/mol. The van der Waals surface area contributed by atoms with Gasteiger partial charge in [0.05, 0.1) is 6.61 Å². The Morgan fingerprint density at radius 3 is 0.903 bits per heavy atom. The molecule has 0 aromatic carbocycles. The number of hydrogen-bond donors (Lipinski definition) is 1. The van der Waals surface area contributed by atoms with Gasteiger partial charge in [-0.1, -0.05) is 284 Å². The molecule has 0 heterocycles. The van der Waals surface area contributed by atoms with Crippen molar-refractivity contribution in [2.45, 2.75) is 302 Å². The minimum atomic E-state index is -0.780. The molecule has 414 valence electrons. The summed E-state index contributed by atoms with van der Waals surface area (Å²) in [5, 5.41) is 9.68. The van der Waals surface area contributed by atoms with E-state index in [4.69, 9.17) is 9.47 Å². The van der Waals surface area contributed by atoms with Crippen molar-refractivity contribution < 1.29 is 24.2 Å². The molecule has 72 heavy (non-hydrogen) atoms. The summed E-state index contributed by atoms with van der Waals surface area (Å²) >= 11 is 0. The molecule has 1 N–H and O–H groups in total. The van der Waals surface area contributed by atoms with Crippen LogP contribution in [-0.4, -0.2) is 36.4 Å². The number of carbonyl (C=O) groups excluding carboxylic acids is 2. The molecular formula is C67H116O5. The Balaban J connectivity index is 3.48. The molecule has 0 saturated heterocycles. The van der Waals surface area contributed by atoms with Gasteiger partial charge in [0.1, 0.15) is 6.61 Å². The van der Waals surface area contributed by atoms with Crippen molar-refractivity contribution in [1.82, 2.24) is 0 Å². The number of ether oxygens (including phenoxy) is 2. The van der Waals surface area contributed by atoms with E-state index in [2.05, 4.69) is 111 Å². The Kier molecular flexibility index (Phi) is 59.4. The van der Waals surface area contributed by atoms with E-state index in [9.17, 15) is 14.7 Å². The van der Waals surface area contributed by atoms with Crippen LogP contribution in [0.15, 0.2) is 97.2 Å². The largest absolute Gasteiger partial charge is 0.462 e. The van der Waals surface area contributed by atoms with E-state index in [0.717, 1.165) is 83.5 Å². The molecule has 0 saturated carbocycles. The standard InChI is InChI=1S/C67H116O5/c1-3-5-7-9-11-13-15-17-19-21-23-25-27-29-31-32-33-34-36-37-39-41-43-45-47-49-51-53-55-57-59-61-66(69)71-64-65(63-68)72-67(70)62-60-58-56-54-52-50-48-46-44-42-40-38-35-30-28-26-24-22-20-18-16-14-12-10-8-6-4-2/h6,8,12,14-15,17-18,20-21,23-24,26-27,29-30,35,65,68H,3-5,7,9-11,13,16,19,22,25,28,31-34,36-64H2,1-2H3/b8-6-,14-12-,17-15-,20-18-,23-21-,26-24-,29-27-,35-30-. The van der Waals surface area contributed by atoms with Crippen LogP contribution >= 0.6 is 0 Å². The number of hydrogen-bond acceptors (Lipinski definition) is 5. The molecule has 0 amide bonds. The number of carbonyl (C=O) groups is 2. The molecule has 0 aromatic heterocycles. The third-order valence-corrected chi connectivity index (χ3v) is 13.4. The first kappa shape index (κ1) is 68.8. The molecule has 0 aliphatic rings. The zero-order valence-corrected chi connectivity index (χ0v) is 47.4. The van der Waals surface area contributed by atoms with Gasteiger partial charge in [-0.15, -0.1) is 0 Å². The second-order valence-electron chi connectivity index (χ2n) is 20.4. The third-order valence-electron chi connectivity index (χ3n) is 13.4. The summed E-state index contributed by atoms with van der Waals surface area (Å²) in [7, 11) is 0. The quantitative estimate of drug-likeness (QED) is 0.0373. The molecule has 0 aliphatic carbocycles. The summed E-state index contributed by atoms with van der Waals surface area (Å²) in [6, 6.07) is 0. The Morgan fingerprint density at radius 2 is 0.597 bits per heavy atom. The lowest BCUT2D eigenvalue weighted by atomic mass is 10.0. The first-order chi connectivity index (χ1) is 35.6. The average molecular weight is 1000 g/mol. The van der Waals surface area contributed by atoms with Gasteiger partial charge in [0.15, 0.2) is 6.10 Å². The predicted molar refractivity (Wildman–Crippen MR) is 316 cm³/mol. The fourth-order valence-electron chi connectivity index (χ4n) is 8.77. The molecule has 0 rings (SSSR count). The molecule has 5 nitrogen and oxygen atoms in total. The highest BCUT2D eigenvalue weighted by Gasteiger charge is 2.16. The van der Waals surface area contributed by atoms with Gasteiger partial charge in [0, 0.05) is 12.8 Å². The highest BCUT2D eigenvalue weighted by atomic mass is 16.6. The van der Waals surface area contributed by atoms with E-state index >= 15 is 0 Å².